The first-order valence-corrected chi connectivity index (χ1v) is 11.6. The van der Waals surface area contributed by atoms with E-state index in [0.29, 0.717) is 29.2 Å². The topological polar surface area (TPSA) is 63.4 Å². The quantitative estimate of drug-likeness (QED) is 0.607. The van der Waals surface area contributed by atoms with Crippen molar-refractivity contribution < 1.29 is 12.9 Å². The molecule has 7 heteroatoms. The maximum Gasteiger partial charge on any atom is 0.264 e. The van der Waals surface area contributed by atoms with Crippen molar-refractivity contribution in [1.29, 1.82) is 0 Å². The first-order valence-electron chi connectivity index (χ1n) is 9.25. The monoisotopic (exact) mass is 414 g/mol. The average molecular weight is 415 g/mol. The molecule has 0 bridgehead atoms. The highest BCUT2D eigenvalue weighted by atomic mass is 32.2. The van der Waals surface area contributed by atoms with Crippen LogP contribution in [0, 0.1) is 6.92 Å². The highest BCUT2D eigenvalue weighted by Gasteiger charge is 2.33. The van der Waals surface area contributed by atoms with Crippen LogP contribution < -0.4 is 4.31 Å². The summed E-state index contributed by atoms with van der Waals surface area (Å²) in [6.45, 7) is 6.31. The maximum atomic E-state index is 13.7. The van der Waals surface area contributed by atoms with Gasteiger partial charge in [0.25, 0.3) is 10.0 Å². The summed E-state index contributed by atoms with van der Waals surface area (Å²) >= 11 is 1.71. The van der Waals surface area contributed by atoms with Crippen molar-refractivity contribution in [2.75, 3.05) is 10.8 Å². The van der Waals surface area contributed by atoms with Gasteiger partial charge < -0.3 is 4.52 Å². The number of benzene rings is 2. The highest BCUT2D eigenvalue weighted by Crippen LogP contribution is 2.41. The zero-order chi connectivity index (χ0) is 19.9. The number of anilines is 1. The molecule has 1 atom stereocenters. The molecule has 0 saturated carbocycles. The van der Waals surface area contributed by atoms with Crippen molar-refractivity contribution in [3.63, 3.8) is 0 Å². The zero-order valence-corrected chi connectivity index (χ0v) is 17.7. The molecule has 1 aliphatic heterocycles. The Balaban J connectivity index is 1.85. The molecule has 0 saturated heterocycles. The summed E-state index contributed by atoms with van der Waals surface area (Å²) in [7, 11) is -3.72. The van der Waals surface area contributed by atoms with Crippen molar-refractivity contribution in [2.45, 2.75) is 42.2 Å². The molecule has 146 valence electrons. The predicted octanol–water partition coefficient (Wildman–Crippen LogP) is 4.90. The van der Waals surface area contributed by atoms with Crippen LogP contribution >= 0.6 is 11.8 Å². The van der Waals surface area contributed by atoms with E-state index in [1.54, 1.807) is 22.1 Å². The summed E-state index contributed by atoms with van der Waals surface area (Å²) in [5.74, 6) is 0.569. The Morgan fingerprint density at radius 2 is 2.00 bits per heavy atom. The fraction of sp³-hybridized carbons (Fsp3) is 0.286. The molecule has 0 fully saturated rings. The highest BCUT2D eigenvalue weighted by molar-refractivity contribution is 8.00. The number of aromatic nitrogens is 1. The third-order valence-corrected chi connectivity index (χ3v) is 7.83. The summed E-state index contributed by atoms with van der Waals surface area (Å²) in [4.78, 5) is 1.32. The van der Waals surface area contributed by atoms with Crippen LogP contribution in [0.4, 0.5) is 5.69 Å². The minimum Gasteiger partial charge on any atom is -0.356 e. The molecule has 5 nitrogen and oxygen atoms in total. The van der Waals surface area contributed by atoms with Gasteiger partial charge in [0.05, 0.1) is 16.3 Å². The van der Waals surface area contributed by atoms with Crippen LogP contribution in [0.15, 0.2) is 62.8 Å². The molecule has 0 amide bonds. The molecule has 0 unspecified atom stereocenters. The smallest absolute Gasteiger partial charge is 0.264 e. The number of nitrogens with zero attached hydrogens (tertiary/aromatic N) is 2. The second kappa shape index (κ2) is 7.29. The van der Waals surface area contributed by atoms with Gasteiger partial charge in [-0.3, -0.25) is 4.31 Å². The van der Waals surface area contributed by atoms with E-state index in [-0.39, 0.29) is 5.25 Å². The molecular weight excluding hydrogens is 392 g/mol. The van der Waals surface area contributed by atoms with E-state index in [1.807, 2.05) is 56.3 Å². The molecule has 0 radical (unpaired) electrons. The number of para-hydroxylation sites is 1. The third kappa shape index (κ3) is 3.33. The zero-order valence-electron chi connectivity index (χ0n) is 16.0. The van der Waals surface area contributed by atoms with Crippen LogP contribution in [0.5, 0.6) is 0 Å². The van der Waals surface area contributed by atoms with Crippen LogP contribution in [0.2, 0.25) is 0 Å². The van der Waals surface area contributed by atoms with Crippen molar-refractivity contribution >= 4 is 27.5 Å². The Morgan fingerprint density at radius 3 is 2.71 bits per heavy atom. The number of aryl methyl sites for hydroxylation is 2. The number of thioether (sulfide) groups is 1. The third-order valence-electron chi connectivity index (χ3n) is 4.81. The van der Waals surface area contributed by atoms with Crippen molar-refractivity contribution in [2.24, 2.45) is 0 Å². The van der Waals surface area contributed by atoms with Gasteiger partial charge in [0.2, 0.25) is 0 Å². The van der Waals surface area contributed by atoms with Gasteiger partial charge in [-0.25, -0.2) is 8.42 Å². The molecule has 1 aromatic heterocycles. The first kappa shape index (κ1) is 19.1. The normalized spacial score (nSPS) is 16.8. The summed E-state index contributed by atoms with van der Waals surface area (Å²) in [5, 5.41) is 4.10. The molecule has 4 rings (SSSR count). The molecule has 28 heavy (non-hydrogen) atoms. The van der Waals surface area contributed by atoms with Gasteiger partial charge >= 0.3 is 0 Å². The number of hydrogen-bond acceptors (Lipinski definition) is 5. The van der Waals surface area contributed by atoms with Gasteiger partial charge in [-0.2, -0.15) is 0 Å². The number of sulfonamides is 1. The van der Waals surface area contributed by atoms with E-state index >= 15 is 0 Å². The number of rotatable bonds is 4. The van der Waals surface area contributed by atoms with E-state index in [4.69, 9.17) is 4.52 Å². The van der Waals surface area contributed by atoms with Crippen molar-refractivity contribution in [1.82, 2.24) is 5.16 Å². The van der Waals surface area contributed by atoms with E-state index in [2.05, 4.69) is 12.1 Å². The van der Waals surface area contributed by atoms with Crippen LogP contribution in [0.3, 0.4) is 0 Å². The Kier molecular flexibility index (Phi) is 4.97. The Labute approximate surface area is 169 Å². The Bertz CT molecular complexity index is 1120. The second-order valence-corrected chi connectivity index (χ2v) is 10.3. The fourth-order valence-corrected chi connectivity index (χ4v) is 6.60. The first-order chi connectivity index (χ1) is 13.4. The largest absolute Gasteiger partial charge is 0.356 e. The average Bonchev–Trinajstić information content (AvgIpc) is 3.13. The second-order valence-electron chi connectivity index (χ2n) is 6.94. The lowest BCUT2D eigenvalue weighted by atomic mass is 10.1. The minimum absolute atomic E-state index is 0.176. The van der Waals surface area contributed by atoms with Crippen molar-refractivity contribution in [3.05, 3.63) is 59.8 Å². The van der Waals surface area contributed by atoms with Gasteiger partial charge in [0.15, 0.2) is 5.76 Å². The lowest BCUT2D eigenvalue weighted by Crippen LogP contribution is -2.38. The number of hydrogen-bond donors (Lipinski definition) is 0. The van der Waals surface area contributed by atoms with E-state index in [9.17, 15) is 8.42 Å². The molecule has 3 aromatic rings. The lowest BCUT2D eigenvalue weighted by molar-refractivity contribution is 0.427. The van der Waals surface area contributed by atoms with Crippen molar-refractivity contribution in [3.8, 4) is 11.3 Å². The van der Waals surface area contributed by atoms with Gasteiger partial charge in [-0.05, 0) is 37.1 Å². The van der Waals surface area contributed by atoms with Crippen LogP contribution in [-0.4, -0.2) is 25.4 Å². The van der Waals surface area contributed by atoms with Crippen LogP contribution in [0.1, 0.15) is 25.1 Å². The fourth-order valence-electron chi connectivity index (χ4n) is 3.43. The lowest BCUT2D eigenvalue weighted by Gasteiger charge is -2.33. The minimum atomic E-state index is -3.72. The van der Waals surface area contributed by atoms with Crippen LogP contribution in [-0.2, 0) is 16.4 Å². The van der Waals surface area contributed by atoms with Crippen LogP contribution in [0.25, 0.3) is 11.3 Å². The predicted molar refractivity (Wildman–Crippen MR) is 112 cm³/mol. The molecule has 0 N–H and O–H groups in total. The van der Waals surface area contributed by atoms with E-state index in [1.165, 1.54) is 0 Å². The Morgan fingerprint density at radius 1 is 1.21 bits per heavy atom. The van der Waals surface area contributed by atoms with Gasteiger partial charge in [0.1, 0.15) is 0 Å². The standard InChI is InChI=1S/C21H22N2O3S2/c1-4-16-9-10-17(19-11-14(2)22-26-19)12-21(16)28(24,25)23-13-15(3)27-20-8-6-5-7-18(20)23/h5-12,15H,4,13H2,1-3H3/t15-/m0/s1. The molecule has 2 heterocycles. The Hall–Kier alpha value is -2.25. The summed E-state index contributed by atoms with van der Waals surface area (Å²) in [5.41, 5.74) is 3.01. The summed E-state index contributed by atoms with van der Waals surface area (Å²) in [6.07, 6.45) is 0.629. The van der Waals surface area contributed by atoms with Gasteiger partial charge in [-0.15, -0.1) is 11.8 Å². The molecule has 0 aliphatic carbocycles. The molecule has 1 aliphatic rings. The maximum absolute atomic E-state index is 13.7. The summed E-state index contributed by atoms with van der Waals surface area (Å²) < 4.78 is 34.4. The SMILES string of the molecule is CCc1ccc(-c2cc(C)no2)cc1S(=O)(=O)N1C[C@H](C)Sc2ccccc21. The number of fused-ring (bicyclic) bond motifs is 1. The molecule has 2 aromatic carbocycles. The van der Waals surface area contributed by atoms with Gasteiger partial charge in [-0.1, -0.05) is 43.3 Å². The van der Waals surface area contributed by atoms with Gasteiger partial charge in [0, 0.05) is 28.3 Å². The molecular formula is C21H22N2O3S2. The molecule has 0 spiro atoms. The van der Waals surface area contributed by atoms with E-state index in [0.717, 1.165) is 21.8 Å². The van der Waals surface area contributed by atoms with E-state index < -0.39 is 10.0 Å². The summed E-state index contributed by atoms with van der Waals surface area (Å²) in [6, 6.07) is 15.0.